The zero-order valence-corrected chi connectivity index (χ0v) is 47.7. The van der Waals surface area contributed by atoms with Gasteiger partial charge in [-0.25, -0.2) is 21.9 Å². The second-order valence-corrected chi connectivity index (χ2v) is 20.2. The van der Waals surface area contributed by atoms with Crippen molar-refractivity contribution < 1.29 is 136 Å². The third-order valence-electron chi connectivity index (χ3n) is 11.3. The standard InChI is InChI=1S/C19H28ClN7O2S.C17H26ClN3O2S.C2H2N2.CH2O3.ClH.2K.H/c1-30(28,29)26-10-11-27(17(13-26)12-14-2-4-15(20)5-3-14)16-6-8-25(9-7-16)19-22-18(21)23-24-19;1-24(22,23)20-10-11-21(16-6-8-19-9-7-16)17(13-20)12-14-2-4-15(18)5-3-14;1-4-2-3;2-1-4-3;;;;/h2-5,16-17H,6-13H2,1H3,(H3,21,22,23,24);2-5,16-17,19H,6-13H2,1H3;1H2;1,3H;1H;;;/q;;;;;2*+1;-1/p-1. The second kappa shape index (κ2) is 31.8. The Labute approximate surface area is 486 Å². The van der Waals surface area contributed by atoms with E-state index >= 15 is 0 Å². The molecule has 0 aliphatic carbocycles. The number of carbonyl (C=O) groups excluding carboxylic acids is 1. The number of nitrogens with two attached hydrogens (primary N) is 1. The van der Waals surface area contributed by atoms with E-state index in [-0.39, 0.29) is 135 Å². The van der Waals surface area contributed by atoms with E-state index in [0.29, 0.717) is 55.2 Å². The molecule has 3 aromatic rings. The normalized spacial score (nSPS) is 20.2. The fourth-order valence-electron chi connectivity index (χ4n) is 8.34. The summed E-state index contributed by atoms with van der Waals surface area (Å²) in [6.45, 7) is 10.3. The average molecular weight is 1060 g/mol. The number of aliphatic imine (C=N–C) groups is 1. The fourth-order valence-corrected chi connectivity index (χ4v) is 10.3. The first-order valence-corrected chi connectivity index (χ1v) is 24.6. The van der Waals surface area contributed by atoms with Crippen LogP contribution in [-0.4, -0.2) is 166 Å². The summed E-state index contributed by atoms with van der Waals surface area (Å²) in [4.78, 5) is 25.4. The topological polar surface area (TPSA) is 250 Å². The molecule has 0 bridgehead atoms. The molecule has 0 amide bonds. The summed E-state index contributed by atoms with van der Waals surface area (Å²) in [7, 11) is -6.35. The minimum atomic E-state index is -3.21. The second-order valence-electron chi connectivity index (χ2n) is 15.4. The molecule has 1 aromatic heterocycles. The van der Waals surface area contributed by atoms with Gasteiger partial charge in [-0.3, -0.25) is 14.6 Å². The molecular formula is C39H59Cl3K2N12O7S2. The van der Waals surface area contributed by atoms with Crippen LogP contribution < -0.4 is 124 Å². The summed E-state index contributed by atoms with van der Waals surface area (Å²) in [6.07, 6.45) is 9.92. The number of hydrogen-bond donors (Lipinski definition) is 3. The zero-order chi connectivity index (χ0) is 45.3. The van der Waals surface area contributed by atoms with Crippen LogP contribution >= 0.6 is 35.6 Å². The molecule has 5 heterocycles. The Kier molecular flexibility index (Phi) is 30.6. The van der Waals surface area contributed by atoms with Crippen molar-refractivity contribution in [1.29, 1.82) is 5.26 Å². The minimum Gasteiger partial charge on any atom is -1.00 e. The maximum absolute atomic E-state index is 12.2. The predicted octanol–water partition coefficient (Wildman–Crippen LogP) is -4.08. The average Bonchev–Trinajstić information content (AvgIpc) is 3.71. The van der Waals surface area contributed by atoms with Gasteiger partial charge >= 0.3 is 103 Å². The number of H-pyrrole nitrogens is 1. The van der Waals surface area contributed by atoms with Gasteiger partial charge in [0.1, 0.15) is 0 Å². The zero-order valence-electron chi connectivity index (χ0n) is 38.5. The maximum Gasteiger partial charge on any atom is 1.00 e. The van der Waals surface area contributed by atoms with Gasteiger partial charge in [-0.15, -0.1) is 17.5 Å². The Hall–Kier alpha value is -0.387. The number of nitrogens with one attached hydrogen (secondary N) is 2. The molecule has 19 nitrogen and oxygen atoms in total. The number of piperidine rings is 2. The molecule has 4 aliphatic rings. The van der Waals surface area contributed by atoms with Crippen LogP contribution in [0.1, 0.15) is 38.2 Å². The molecule has 2 atom stereocenters. The van der Waals surface area contributed by atoms with Gasteiger partial charge in [-0.1, -0.05) is 47.5 Å². The molecule has 4 fully saturated rings. The minimum absolute atomic E-state index is 0. The number of nitrogens with zero attached hydrogens (tertiary/aromatic N) is 9. The van der Waals surface area contributed by atoms with Gasteiger partial charge in [-0.2, -0.15) is 23.8 Å². The van der Waals surface area contributed by atoms with Gasteiger partial charge in [-0.05, 0) is 87.0 Å². The Morgan fingerprint density at radius 2 is 1.25 bits per heavy atom. The van der Waals surface area contributed by atoms with Crippen LogP contribution in [0.2, 0.25) is 10.0 Å². The maximum atomic E-state index is 12.2. The van der Waals surface area contributed by atoms with Crippen molar-refractivity contribution in [1.82, 2.24) is 38.9 Å². The number of carbonyl (C=O) groups is 1. The van der Waals surface area contributed by atoms with Crippen molar-refractivity contribution in [2.45, 2.75) is 62.7 Å². The molecule has 4 saturated heterocycles. The van der Waals surface area contributed by atoms with Crippen molar-refractivity contribution >= 4 is 80.7 Å². The Morgan fingerprint density at radius 3 is 1.58 bits per heavy atom. The third-order valence-corrected chi connectivity index (χ3v) is 14.3. The molecule has 352 valence electrons. The van der Waals surface area contributed by atoms with Gasteiger partial charge in [0, 0.05) is 93.3 Å². The number of nitrogen functional groups attached to an aromatic ring is 1. The van der Waals surface area contributed by atoms with E-state index in [0.717, 1.165) is 82.8 Å². The molecular weight excluding hydrogens is 997 g/mol. The number of sulfonamides is 2. The number of aromatic nitrogens is 3. The van der Waals surface area contributed by atoms with Crippen LogP contribution in [0.5, 0.6) is 0 Å². The third kappa shape index (κ3) is 21.2. The van der Waals surface area contributed by atoms with Crippen LogP contribution in [0.15, 0.2) is 53.5 Å². The van der Waals surface area contributed by atoms with E-state index in [1.54, 1.807) is 8.61 Å². The van der Waals surface area contributed by atoms with Gasteiger partial charge in [0.25, 0.3) is 6.47 Å². The summed E-state index contributed by atoms with van der Waals surface area (Å²) < 4.78 is 51.6. The first kappa shape index (κ1) is 62.6. The molecule has 7 rings (SSSR count). The number of rotatable bonds is 10. The van der Waals surface area contributed by atoms with Crippen LogP contribution in [0.25, 0.3) is 0 Å². The number of anilines is 2. The smallest absolute Gasteiger partial charge is 1.00 e. The Bertz CT molecular complexity index is 2120. The molecule has 2 unspecified atom stereocenters. The summed E-state index contributed by atoms with van der Waals surface area (Å²) in [6, 6.07) is 17.0. The molecule has 4 N–H and O–H groups in total. The first-order chi connectivity index (χ1) is 29.6. The molecule has 26 heteroatoms. The molecule has 2 aromatic carbocycles. The number of aromatic amines is 1. The van der Waals surface area contributed by atoms with Crippen LogP contribution in [0, 0.1) is 11.5 Å². The quantitative estimate of drug-likeness (QED) is 0.0437. The van der Waals surface area contributed by atoms with Crippen molar-refractivity contribution in [3.63, 3.8) is 0 Å². The molecule has 0 radical (unpaired) electrons. The number of hydrogen-bond acceptors (Lipinski definition) is 16. The monoisotopic (exact) mass is 1050 g/mol. The molecule has 0 saturated carbocycles. The summed E-state index contributed by atoms with van der Waals surface area (Å²) >= 11 is 12.0. The van der Waals surface area contributed by atoms with Crippen molar-refractivity contribution in [3.05, 3.63) is 69.7 Å². The van der Waals surface area contributed by atoms with Crippen LogP contribution in [-0.2, 0) is 42.6 Å². The van der Waals surface area contributed by atoms with Crippen LogP contribution in [0.4, 0.5) is 11.9 Å². The fraction of sp³-hybridized carbons (Fsp3) is 0.564. The first-order valence-electron chi connectivity index (χ1n) is 20.2. The Morgan fingerprint density at radius 1 is 0.846 bits per heavy atom. The number of nitriles is 1. The molecule has 0 spiro atoms. The van der Waals surface area contributed by atoms with Crippen molar-refractivity contribution in [3.8, 4) is 6.19 Å². The van der Waals surface area contributed by atoms with E-state index in [4.69, 9.17) is 44.2 Å². The number of benzene rings is 2. The van der Waals surface area contributed by atoms with Crippen molar-refractivity contribution in [2.75, 3.05) is 88.6 Å². The van der Waals surface area contributed by atoms with E-state index in [1.165, 1.54) is 29.8 Å². The summed E-state index contributed by atoms with van der Waals surface area (Å²) in [5.74, 6) is 0.970. The van der Waals surface area contributed by atoms with Crippen LogP contribution in [0.3, 0.4) is 0 Å². The largest absolute Gasteiger partial charge is 1.00 e. The summed E-state index contributed by atoms with van der Waals surface area (Å²) in [5, 5.41) is 27.5. The van der Waals surface area contributed by atoms with E-state index in [1.807, 2.05) is 48.5 Å². The van der Waals surface area contributed by atoms with E-state index in [9.17, 15) is 16.8 Å². The van der Waals surface area contributed by atoms with Gasteiger partial charge in [0.2, 0.25) is 38.1 Å². The number of piperazine rings is 2. The number of halogens is 3. The van der Waals surface area contributed by atoms with E-state index < -0.39 is 20.0 Å². The van der Waals surface area contributed by atoms with E-state index in [2.05, 4.69) is 51.8 Å². The van der Waals surface area contributed by atoms with Gasteiger partial charge in [0.15, 0.2) is 0 Å². The van der Waals surface area contributed by atoms with Gasteiger partial charge < -0.3 is 27.5 Å². The van der Waals surface area contributed by atoms with Crippen molar-refractivity contribution in [2.24, 2.45) is 4.99 Å². The Balaban J connectivity index is 0.00000106. The summed E-state index contributed by atoms with van der Waals surface area (Å²) in [5.41, 5.74) is 8.02. The molecule has 4 aliphatic heterocycles. The van der Waals surface area contributed by atoms with Gasteiger partial charge in [0.05, 0.1) is 12.5 Å². The molecule has 65 heavy (non-hydrogen) atoms. The predicted molar refractivity (Wildman–Crippen MR) is 247 cm³/mol. The SMILES string of the molecule is C=NC#N.CS(=O)(=O)N1CCN(C2CCN(c3n[nH]c(N)n3)CC2)C(Cc2ccc(Cl)cc2)C1.CS(=O)(=O)N1CCN(C2CCNCC2)C(Cc2ccc(Cl)cc2)C1.Cl.O=CO[O-].[H-].[K+].[K+].